The van der Waals surface area contributed by atoms with Gasteiger partial charge in [-0.15, -0.1) is 0 Å². The fraction of sp³-hybridized carbons (Fsp3) is 0.278. The highest BCUT2D eigenvalue weighted by Gasteiger charge is 2.18. The summed E-state index contributed by atoms with van der Waals surface area (Å²) in [6.07, 6.45) is -0.375. The lowest BCUT2D eigenvalue weighted by atomic mass is 10.0. The summed E-state index contributed by atoms with van der Waals surface area (Å²) in [6.45, 7) is 3.99. The Bertz CT molecular complexity index is 578. The first kappa shape index (κ1) is 15.3. The van der Waals surface area contributed by atoms with Crippen molar-refractivity contribution in [3.63, 3.8) is 0 Å². The number of carbonyl (C=O) groups is 1. The van der Waals surface area contributed by atoms with Crippen LogP contribution >= 0.6 is 0 Å². The molecule has 2 atom stereocenters. The van der Waals surface area contributed by atoms with Crippen LogP contribution in [-0.2, 0) is 11.2 Å². The quantitative estimate of drug-likeness (QED) is 0.886. The van der Waals surface area contributed by atoms with Gasteiger partial charge in [0.05, 0.1) is 0 Å². The van der Waals surface area contributed by atoms with E-state index in [0.717, 1.165) is 6.42 Å². The van der Waals surface area contributed by atoms with Crippen molar-refractivity contribution in [2.75, 3.05) is 0 Å². The summed E-state index contributed by atoms with van der Waals surface area (Å²) in [7, 11) is 0. The molecular weight excluding hydrogens is 262 g/mol. The van der Waals surface area contributed by atoms with Gasteiger partial charge in [-0.3, -0.25) is 4.79 Å². The van der Waals surface area contributed by atoms with Crippen LogP contribution in [0, 0.1) is 6.92 Å². The Balaban J connectivity index is 1.91. The van der Waals surface area contributed by atoms with Gasteiger partial charge in [0.2, 0.25) is 0 Å². The molecule has 0 aliphatic rings. The zero-order valence-electron chi connectivity index (χ0n) is 12.4. The molecule has 0 aliphatic heterocycles. The molecule has 0 aromatic heterocycles. The molecule has 0 spiro atoms. The van der Waals surface area contributed by atoms with Gasteiger partial charge in [0.1, 0.15) is 0 Å². The number of amides is 1. The lowest BCUT2D eigenvalue weighted by Crippen LogP contribution is -2.37. The Morgan fingerprint density at radius 3 is 2.33 bits per heavy atom. The number of benzene rings is 2. The molecule has 2 aromatic rings. The SMILES string of the molecule is Cc1ccc(C[C@@H](C)NC(=O)[C@H](O)c2ccccc2)cc1. The first-order chi connectivity index (χ1) is 10.1. The van der Waals surface area contributed by atoms with Gasteiger partial charge in [-0.1, -0.05) is 60.2 Å². The molecule has 0 radical (unpaired) electrons. The van der Waals surface area contributed by atoms with Crippen LogP contribution in [0.25, 0.3) is 0 Å². The van der Waals surface area contributed by atoms with Crippen molar-refractivity contribution in [1.82, 2.24) is 5.32 Å². The number of hydrogen-bond donors (Lipinski definition) is 2. The number of rotatable bonds is 5. The Morgan fingerprint density at radius 1 is 1.10 bits per heavy atom. The molecule has 2 aromatic carbocycles. The van der Waals surface area contributed by atoms with Gasteiger partial charge < -0.3 is 10.4 Å². The molecule has 2 rings (SSSR count). The van der Waals surface area contributed by atoms with Crippen LogP contribution < -0.4 is 5.32 Å². The first-order valence-electron chi connectivity index (χ1n) is 7.15. The standard InChI is InChI=1S/C18H21NO2/c1-13-8-10-15(11-9-13)12-14(2)19-18(21)17(20)16-6-4-3-5-7-16/h3-11,14,17,20H,12H2,1-2H3,(H,19,21)/t14-,17-/m1/s1. The normalized spacial score (nSPS) is 13.5. The summed E-state index contributed by atoms with van der Waals surface area (Å²) >= 11 is 0. The number of hydrogen-bond acceptors (Lipinski definition) is 2. The second-order valence-corrected chi connectivity index (χ2v) is 5.41. The van der Waals surface area contributed by atoms with Crippen LogP contribution in [0.15, 0.2) is 54.6 Å². The molecule has 0 bridgehead atoms. The molecular formula is C18H21NO2. The molecule has 21 heavy (non-hydrogen) atoms. The smallest absolute Gasteiger partial charge is 0.253 e. The Kier molecular flexibility index (Phi) is 5.12. The molecule has 0 saturated carbocycles. The van der Waals surface area contributed by atoms with E-state index in [1.807, 2.05) is 32.0 Å². The Labute approximate surface area is 125 Å². The molecule has 3 nitrogen and oxygen atoms in total. The number of aliphatic hydroxyl groups excluding tert-OH is 1. The fourth-order valence-electron chi connectivity index (χ4n) is 2.24. The van der Waals surface area contributed by atoms with Gasteiger partial charge in [0.15, 0.2) is 6.10 Å². The Hall–Kier alpha value is -2.13. The summed E-state index contributed by atoms with van der Waals surface area (Å²) in [6, 6.07) is 17.2. The van der Waals surface area contributed by atoms with Crippen LogP contribution in [0.2, 0.25) is 0 Å². The van der Waals surface area contributed by atoms with E-state index in [0.29, 0.717) is 5.56 Å². The maximum Gasteiger partial charge on any atom is 0.253 e. The van der Waals surface area contributed by atoms with E-state index in [4.69, 9.17) is 0 Å². The number of aliphatic hydroxyl groups is 1. The van der Waals surface area contributed by atoms with Gasteiger partial charge >= 0.3 is 0 Å². The van der Waals surface area contributed by atoms with Gasteiger partial charge in [-0.25, -0.2) is 0 Å². The third-order valence-corrected chi connectivity index (χ3v) is 3.41. The van der Waals surface area contributed by atoms with Gasteiger partial charge in [0, 0.05) is 6.04 Å². The van der Waals surface area contributed by atoms with Crippen LogP contribution in [0.5, 0.6) is 0 Å². The number of nitrogens with one attached hydrogen (secondary N) is 1. The predicted molar refractivity (Wildman–Crippen MR) is 83.9 cm³/mol. The largest absolute Gasteiger partial charge is 0.378 e. The summed E-state index contributed by atoms with van der Waals surface area (Å²) in [5.74, 6) is -0.360. The van der Waals surface area contributed by atoms with Gasteiger partial charge in [-0.05, 0) is 31.4 Å². The lowest BCUT2D eigenvalue weighted by Gasteiger charge is -2.17. The van der Waals surface area contributed by atoms with Gasteiger partial charge in [0.25, 0.3) is 5.91 Å². The average Bonchev–Trinajstić information content (AvgIpc) is 2.49. The summed E-state index contributed by atoms with van der Waals surface area (Å²) in [4.78, 5) is 12.0. The summed E-state index contributed by atoms with van der Waals surface area (Å²) in [5, 5.41) is 12.9. The fourth-order valence-corrected chi connectivity index (χ4v) is 2.24. The maximum atomic E-state index is 12.0. The first-order valence-corrected chi connectivity index (χ1v) is 7.15. The second-order valence-electron chi connectivity index (χ2n) is 5.41. The van der Waals surface area contributed by atoms with Crippen LogP contribution in [0.4, 0.5) is 0 Å². The maximum absolute atomic E-state index is 12.0. The van der Waals surface area contributed by atoms with Crippen molar-refractivity contribution in [3.05, 3.63) is 71.3 Å². The topological polar surface area (TPSA) is 49.3 Å². The van der Waals surface area contributed by atoms with Crippen molar-refractivity contribution in [1.29, 1.82) is 0 Å². The molecule has 0 unspecified atom stereocenters. The van der Waals surface area contributed by atoms with E-state index in [1.54, 1.807) is 12.1 Å². The van der Waals surface area contributed by atoms with Crippen molar-refractivity contribution in [2.45, 2.75) is 32.4 Å². The molecule has 0 saturated heterocycles. The lowest BCUT2D eigenvalue weighted by molar-refractivity contribution is -0.130. The van der Waals surface area contributed by atoms with Crippen LogP contribution in [-0.4, -0.2) is 17.1 Å². The van der Waals surface area contributed by atoms with E-state index in [9.17, 15) is 9.90 Å². The highest BCUT2D eigenvalue weighted by Crippen LogP contribution is 2.13. The second kappa shape index (κ2) is 7.04. The van der Waals surface area contributed by atoms with Crippen molar-refractivity contribution in [3.8, 4) is 0 Å². The zero-order chi connectivity index (χ0) is 15.2. The monoisotopic (exact) mass is 283 g/mol. The van der Waals surface area contributed by atoms with Crippen LogP contribution in [0.3, 0.4) is 0 Å². The molecule has 0 fully saturated rings. The highest BCUT2D eigenvalue weighted by molar-refractivity contribution is 5.82. The van der Waals surface area contributed by atoms with Gasteiger partial charge in [-0.2, -0.15) is 0 Å². The third kappa shape index (κ3) is 4.43. The molecule has 2 N–H and O–H groups in total. The molecule has 110 valence electrons. The third-order valence-electron chi connectivity index (χ3n) is 3.41. The highest BCUT2D eigenvalue weighted by atomic mass is 16.3. The van der Waals surface area contributed by atoms with Crippen LogP contribution in [0.1, 0.15) is 29.7 Å². The minimum absolute atomic E-state index is 0.0291. The van der Waals surface area contributed by atoms with Crippen molar-refractivity contribution < 1.29 is 9.90 Å². The van der Waals surface area contributed by atoms with E-state index in [-0.39, 0.29) is 11.9 Å². The van der Waals surface area contributed by atoms with E-state index >= 15 is 0 Å². The van der Waals surface area contributed by atoms with E-state index in [1.165, 1.54) is 11.1 Å². The minimum Gasteiger partial charge on any atom is -0.378 e. The molecule has 3 heteroatoms. The van der Waals surface area contributed by atoms with E-state index in [2.05, 4.69) is 29.6 Å². The number of aryl methyl sites for hydroxylation is 1. The van der Waals surface area contributed by atoms with Crippen molar-refractivity contribution in [2.24, 2.45) is 0 Å². The molecule has 0 aliphatic carbocycles. The Morgan fingerprint density at radius 2 is 1.71 bits per heavy atom. The summed E-state index contributed by atoms with van der Waals surface area (Å²) in [5.41, 5.74) is 3.00. The number of carbonyl (C=O) groups excluding carboxylic acids is 1. The minimum atomic E-state index is -1.12. The molecule has 1 amide bonds. The predicted octanol–water partition coefficient (Wildman–Crippen LogP) is 2.78. The summed E-state index contributed by atoms with van der Waals surface area (Å²) < 4.78 is 0. The average molecular weight is 283 g/mol. The van der Waals surface area contributed by atoms with Crippen molar-refractivity contribution >= 4 is 5.91 Å². The zero-order valence-corrected chi connectivity index (χ0v) is 12.4. The molecule has 0 heterocycles. The van der Waals surface area contributed by atoms with E-state index < -0.39 is 6.10 Å².